The van der Waals surface area contributed by atoms with Crippen LogP contribution in [0.5, 0.6) is 0 Å². The monoisotopic (exact) mass is 209 g/mol. The molecule has 0 fully saturated rings. The van der Waals surface area contributed by atoms with Gasteiger partial charge in [0.2, 0.25) is 0 Å². The number of hydrogen-bond acceptors (Lipinski definition) is 2. The number of rotatable bonds is 4. The van der Waals surface area contributed by atoms with Gasteiger partial charge in [-0.2, -0.15) is 0 Å². The topological polar surface area (TPSA) is 35.2 Å². The van der Waals surface area contributed by atoms with Crippen LogP contribution in [-0.2, 0) is 4.74 Å². The summed E-state index contributed by atoms with van der Waals surface area (Å²) in [6, 6.07) is 10.0. The maximum absolute atomic E-state index is 5.09. The summed E-state index contributed by atoms with van der Waals surface area (Å²) in [5.41, 5.74) is 6.26. The van der Waals surface area contributed by atoms with Gasteiger partial charge in [0.1, 0.15) is 0 Å². The van der Waals surface area contributed by atoms with Crippen molar-refractivity contribution in [3.05, 3.63) is 42.5 Å². The third kappa shape index (κ3) is 10.8. The Morgan fingerprint density at radius 3 is 2.20 bits per heavy atom. The molecule has 0 heterocycles. The number of ether oxygens (including phenoxy) is 1. The minimum Gasteiger partial charge on any atom is -0.380 e. The number of benzene rings is 1. The van der Waals surface area contributed by atoms with E-state index in [1.807, 2.05) is 43.3 Å². The molecule has 0 saturated heterocycles. The van der Waals surface area contributed by atoms with E-state index in [-0.39, 0.29) is 7.43 Å². The molecule has 0 spiro atoms. The minimum absolute atomic E-state index is 0. The largest absolute Gasteiger partial charge is 0.380 e. The molecular weight excluding hydrogens is 186 g/mol. The van der Waals surface area contributed by atoms with Crippen LogP contribution in [0.1, 0.15) is 19.9 Å². The van der Waals surface area contributed by atoms with Crippen molar-refractivity contribution in [3.8, 4) is 0 Å². The van der Waals surface area contributed by atoms with E-state index in [4.69, 9.17) is 10.5 Å². The highest BCUT2D eigenvalue weighted by Gasteiger charge is 1.75. The Labute approximate surface area is 93.8 Å². The van der Waals surface area contributed by atoms with Gasteiger partial charge < -0.3 is 10.5 Å². The zero-order valence-corrected chi connectivity index (χ0v) is 8.78. The smallest absolute Gasteiger partial charge is 0.0588 e. The lowest BCUT2D eigenvalue weighted by Crippen LogP contribution is -2.07. The molecule has 1 aromatic rings. The third-order valence-electron chi connectivity index (χ3n) is 1.50. The zero-order chi connectivity index (χ0) is 10.6. The Balaban J connectivity index is 0. The van der Waals surface area contributed by atoms with Gasteiger partial charge in [-0.3, -0.25) is 0 Å². The second-order valence-electron chi connectivity index (χ2n) is 2.60. The van der Waals surface area contributed by atoms with E-state index in [1.165, 1.54) is 5.56 Å². The highest BCUT2D eigenvalue weighted by molar-refractivity contribution is 5.45. The molecule has 0 atom stereocenters. The normalized spacial score (nSPS) is 8.13. The molecule has 0 aliphatic carbocycles. The van der Waals surface area contributed by atoms with Crippen molar-refractivity contribution in [3.63, 3.8) is 0 Å². The second kappa shape index (κ2) is 12.9. The van der Waals surface area contributed by atoms with Gasteiger partial charge in [0, 0.05) is 13.2 Å². The summed E-state index contributed by atoms with van der Waals surface area (Å²) >= 11 is 0. The van der Waals surface area contributed by atoms with Crippen LogP contribution in [0.2, 0.25) is 0 Å². The highest BCUT2D eigenvalue weighted by atomic mass is 16.5. The lowest BCUT2D eigenvalue weighted by Gasteiger charge is -1.91. The first-order valence-corrected chi connectivity index (χ1v) is 4.80. The van der Waals surface area contributed by atoms with Gasteiger partial charge in [-0.15, -0.1) is 0 Å². The molecule has 86 valence electrons. The predicted octanol–water partition coefficient (Wildman–Crippen LogP) is 2.95. The molecule has 0 saturated carbocycles. The molecule has 0 amide bonds. The quantitative estimate of drug-likeness (QED) is 0.774. The van der Waals surface area contributed by atoms with E-state index >= 15 is 0 Å². The fraction of sp³-hybridized carbons (Fsp3) is 0.385. The van der Waals surface area contributed by atoms with Crippen LogP contribution in [0, 0.1) is 0 Å². The Bertz CT molecular complexity index is 217. The average Bonchev–Trinajstić information content (AvgIpc) is 2.28. The molecular formula is C13H23NO. The zero-order valence-electron chi connectivity index (χ0n) is 8.78. The van der Waals surface area contributed by atoms with E-state index in [1.54, 1.807) is 0 Å². The van der Waals surface area contributed by atoms with Crippen molar-refractivity contribution >= 4 is 6.08 Å². The van der Waals surface area contributed by atoms with Gasteiger partial charge in [-0.1, -0.05) is 50.4 Å². The molecule has 0 aliphatic rings. The Kier molecular flexibility index (Phi) is 14.0. The summed E-state index contributed by atoms with van der Waals surface area (Å²) in [6.07, 6.45) is 1.83. The highest BCUT2D eigenvalue weighted by Crippen LogP contribution is 1.97. The predicted molar refractivity (Wildman–Crippen MR) is 68.8 cm³/mol. The van der Waals surface area contributed by atoms with Gasteiger partial charge in [0.15, 0.2) is 0 Å². The summed E-state index contributed by atoms with van der Waals surface area (Å²) in [7, 11) is 0. The average molecular weight is 209 g/mol. The van der Waals surface area contributed by atoms with Crippen LogP contribution in [0.15, 0.2) is 36.9 Å². The van der Waals surface area contributed by atoms with Crippen LogP contribution in [0.3, 0.4) is 0 Å². The standard InChI is InChI=1S/C8H8.C4H11NO.CH4/c1-2-8-6-4-3-5-7-8;1-2-6-4-3-5;/h2-7H,1H2;2-5H2,1H3;1H4. The van der Waals surface area contributed by atoms with E-state index in [0.717, 1.165) is 6.61 Å². The fourth-order valence-electron chi connectivity index (χ4n) is 0.817. The van der Waals surface area contributed by atoms with Crippen molar-refractivity contribution in [1.82, 2.24) is 0 Å². The Hall–Kier alpha value is -1.12. The molecule has 2 N–H and O–H groups in total. The summed E-state index contributed by atoms with van der Waals surface area (Å²) in [4.78, 5) is 0. The molecule has 15 heavy (non-hydrogen) atoms. The SMILES string of the molecule is C.C=Cc1ccccc1.CCOCCN. The van der Waals surface area contributed by atoms with Crippen molar-refractivity contribution in [2.45, 2.75) is 14.4 Å². The fourth-order valence-corrected chi connectivity index (χ4v) is 0.817. The van der Waals surface area contributed by atoms with Crippen molar-refractivity contribution in [1.29, 1.82) is 0 Å². The summed E-state index contributed by atoms with van der Waals surface area (Å²) in [6.45, 7) is 7.68. The van der Waals surface area contributed by atoms with Crippen LogP contribution >= 0.6 is 0 Å². The molecule has 2 nitrogen and oxygen atoms in total. The van der Waals surface area contributed by atoms with Gasteiger partial charge in [-0.25, -0.2) is 0 Å². The molecule has 2 heteroatoms. The molecule has 0 aromatic heterocycles. The summed E-state index contributed by atoms with van der Waals surface area (Å²) in [5.74, 6) is 0. The van der Waals surface area contributed by atoms with Crippen molar-refractivity contribution in [2.24, 2.45) is 5.73 Å². The summed E-state index contributed by atoms with van der Waals surface area (Å²) in [5, 5.41) is 0. The molecule has 1 rings (SSSR count). The van der Waals surface area contributed by atoms with Crippen molar-refractivity contribution < 1.29 is 4.74 Å². The van der Waals surface area contributed by atoms with E-state index < -0.39 is 0 Å². The first kappa shape index (κ1) is 16.3. The van der Waals surface area contributed by atoms with E-state index in [2.05, 4.69) is 6.58 Å². The maximum Gasteiger partial charge on any atom is 0.0588 e. The van der Waals surface area contributed by atoms with Crippen molar-refractivity contribution in [2.75, 3.05) is 19.8 Å². The van der Waals surface area contributed by atoms with Gasteiger partial charge in [0.25, 0.3) is 0 Å². The molecule has 0 unspecified atom stereocenters. The minimum atomic E-state index is 0. The van der Waals surface area contributed by atoms with Gasteiger partial charge in [0.05, 0.1) is 6.61 Å². The van der Waals surface area contributed by atoms with E-state index in [0.29, 0.717) is 13.2 Å². The first-order valence-electron chi connectivity index (χ1n) is 4.80. The first-order chi connectivity index (χ1) is 6.85. The van der Waals surface area contributed by atoms with Crippen LogP contribution in [-0.4, -0.2) is 19.8 Å². The number of hydrogen-bond donors (Lipinski definition) is 1. The second-order valence-corrected chi connectivity index (χ2v) is 2.60. The van der Waals surface area contributed by atoms with E-state index in [9.17, 15) is 0 Å². The number of nitrogens with two attached hydrogens (primary N) is 1. The third-order valence-corrected chi connectivity index (χ3v) is 1.50. The lowest BCUT2D eigenvalue weighted by molar-refractivity contribution is 0.155. The van der Waals surface area contributed by atoms with Gasteiger partial charge >= 0.3 is 0 Å². The molecule has 0 bridgehead atoms. The molecule has 0 aliphatic heterocycles. The van der Waals surface area contributed by atoms with Crippen LogP contribution in [0.25, 0.3) is 6.08 Å². The van der Waals surface area contributed by atoms with Crippen LogP contribution < -0.4 is 5.73 Å². The molecule has 1 aromatic carbocycles. The van der Waals surface area contributed by atoms with Crippen LogP contribution in [0.4, 0.5) is 0 Å². The lowest BCUT2D eigenvalue weighted by atomic mass is 10.2. The van der Waals surface area contributed by atoms with Gasteiger partial charge in [-0.05, 0) is 12.5 Å². The maximum atomic E-state index is 5.09. The Morgan fingerprint density at radius 2 is 1.93 bits per heavy atom. The summed E-state index contributed by atoms with van der Waals surface area (Å²) < 4.78 is 4.86. The Morgan fingerprint density at radius 1 is 1.33 bits per heavy atom. The molecule has 0 radical (unpaired) electrons.